The van der Waals surface area contributed by atoms with Crippen molar-refractivity contribution in [1.29, 1.82) is 0 Å². The van der Waals surface area contributed by atoms with Crippen molar-refractivity contribution in [3.05, 3.63) is 59.2 Å². The first kappa shape index (κ1) is 18.6. The van der Waals surface area contributed by atoms with E-state index in [-0.39, 0.29) is 18.2 Å². The van der Waals surface area contributed by atoms with Crippen molar-refractivity contribution >= 4 is 6.09 Å². The lowest BCUT2D eigenvalue weighted by atomic mass is 9.86. The number of benzene rings is 2. The van der Waals surface area contributed by atoms with E-state index >= 15 is 0 Å². The highest BCUT2D eigenvalue weighted by Gasteiger charge is 2.37. The monoisotopic (exact) mass is 398 g/mol. The molecule has 2 aromatic carbocycles. The molecule has 6 heteroatoms. The summed E-state index contributed by atoms with van der Waals surface area (Å²) in [5.41, 5.74) is 3.38. The van der Waals surface area contributed by atoms with Gasteiger partial charge in [-0.1, -0.05) is 12.1 Å². The van der Waals surface area contributed by atoms with Crippen LogP contribution in [0.3, 0.4) is 0 Å². The van der Waals surface area contributed by atoms with Crippen LogP contribution in [-0.4, -0.2) is 36.7 Å². The average Bonchev–Trinajstić information content (AvgIpc) is 3.10. The molecule has 2 aromatic rings. The number of fused-ring (bicyclic) bond motifs is 4. The maximum atomic E-state index is 13.6. The smallest absolute Gasteiger partial charge is 0.407 e. The number of rotatable bonds is 3. The Bertz CT molecular complexity index is 920. The predicted octanol–water partition coefficient (Wildman–Crippen LogP) is 4.44. The molecule has 1 aliphatic carbocycles. The number of nitrogens with one attached hydrogen (secondary N) is 1. The van der Waals surface area contributed by atoms with E-state index < -0.39 is 11.6 Å². The summed E-state index contributed by atoms with van der Waals surface area (Å²) < 4.78 is 33.0. The minimum absolute atomic E-state index is 0.0278. The lowest BCUT2D eigenvalue weighted by Gasteiger charge is -2.43. The fourth-order valence-corrected chi connectivity index (χ4v) is 5.01. The minimum Gasteiger partial charge on any atom is -0.445 e. The third kappa shape index (κ3) is 3.73. The zero-order chi connectivity index (χ0) is 20.0. The number of amides is 1. The van der Waals surface area contributed by atoms with Crippen LogP contribution in [0.15, 0.2) is 36.4 Å². The van der Waals surface area contributed by atoms with E-state index in [1.165, 1.54) is 12.1 Å². The molecule has 0 radical (unpaired) electrons. The number of aryl methyl sites for hydroxylation is 1. The van der Waals surface area contributed by atoms with E-state index in [4.69, 9.17) is 4.74 Å². The highest BCUT2D eigenvalue weighted by molar-refractivity contribution is 5.70. The second-order valence-corrected chi connectivity index (χ2v) is 8.39. The van der Waals surface area contributed by atoms with E-state index in [0.717, 1.165) is 68.1 Å². The first-order valence-electron chi connectivity index (χ1n) is 10.3. The van der Waals surface area contributed by atoms with Crippen molar-refractivity contribution in [2.24, 2.45) is 5.92 Å². The second kappa shape index (κ2) is 7.41. The van der Waals surface area contributed by atoms with Gasteiger partial charge in [-0.25, -0.2) is 13.6 Å². The van der Waals surface area contributed by atoms with Crippen molar-refractivity contribution in [3.63, 3.8) is 0 Å². The van der Waals surface area contributed by atoms with Crippen LogP contribution in [0, 0.1) is 17.6 Å². The number of ether oxygens (including phenoxy) is 1. The summed E-state index contributed by atoms with van der Waals surface area (Å²) in [6.45, 7) is 3.03. The molecule has 2 atom stereocenters. The maximum Gasteiger partial charge on any atom is 0.407 e. The van der Waals surface area contributed by atoms with Gasteiger partial charge >= 0.3 is 6.09 Å². The van der Waals surface area contributed by atoms with Gasteiger partial charge < -0.3 is 10.1 Å². The number of alkyl carbamates (subject to hydrolysis) is 1. The molecular formula is C23H24F2N2O2. The number of halogens is 2. The Morgan fingerprint density at radius 2 is 1.76 bits per heavy atom. The Kier molecular flexibility index (Phi) is 4.74. The molecule has 3 aliphatic heterocycles. The number of carbonyl (C=O) groups is 1. The Labute approximate surface area is 168 Å². The number of carbonyl (C=O) groups excluding carboxylic acids is 1. The van der Waals surface area contributed by atoms with Gasteiger partial charge in [0.05, 0.1) is 6.04 Å². The van der Waals surface area contributed by atoms with Crippen LogP contribution in [0.5, 0.6) is 0 Å². The third-order valence-electron chi connectivity index (χ3n) is 6.57. The van der Waals surface area contributed by atoms with Crippen molar-refractivity contribution in [1.82, 2.24) is 10.2 Å². The Morgan fingerprint density at radius 1 is 1.00 bits per heavy atom. The normalized spacial score (nSPS) is 27.5. The number of hydrogen-bond donors (Lipinski definition) is 1. The highest BCUT2D eigenvalue weighted by Crippen LogP contribution is 2.35. The lowest BCUT2D eigenvalue weighted by molar-refractivity contribution is -0.0339. The Hall–Kier alpha value is -2.47. The molecule has 1 N–H and O–H groups in total. The van der Waals surface area contributed by atoms with E-state index in [1.54, 1.807) is 0 Å². The fourth-order valence-electron chi connectivity index (χ4n) is 5.01. The number of nitrogens with zero attached hydrogens (tertiary/aromatic N) is 1. The number of piperidine rings is 3. The molecule has 0 aromatic heterocycles. The molecule has 1 unspecified atom stereocenters. The van der Waals surface area contributed by atoms with Crippen LogP contribution in [0.2, 0.25) is 0 Å². The molecule has 1 amide bonds. The van der Waals surface area contributed by atoms with Gasteiger partial charge in [-0.05, 0) is 85.1 Å². The van der Waals surface area contributed by atoms with Gasteiger partial charge in [-0.2, -0.15) is 0 Å². The largest absolute Gasteiger partial charge is 0.445 e. The van der Waals surface area contributed by atoms with Crippen LogP contribution >= 0.6 is 0 Å². The molecule has 0 spiro atoms. The van der Waals surface area contributed by atoms with Crippen molar-refractivity contribution in [2.75, 3.05) is 19.6 Å². The highest BCUT2D eigenvalue weighted by atomic mass is 19.1. The van der Waals surface area contributed by atoms with E-state index in [9.17, 15) is 13.6 Å². The Balaban J connectivity index is 1.30. The maximum absolute atomic E-state index is 13.6. The molecule has 29 heavy (non-hydrogen) atoms. The molecule has 4 aliphatic rings. The van der Waals surface area contributed by atoms with Crippen LogP contribution in [0.25, 0.3) is 11.1 Å². The zero-order valence-corrected chi connectivity index (χ0v) is 16.2. The summed E-state index contributed by atoms with van der Waals surface area (Å²) >= 11 is 0. The van der Waals surface area contributed by atoms with E-state index in [0.29, 0.717) is 11.5 Å². The van der Waals surface area contributed by atoms with Crippen molar-refractivity contribution in [2.45, 2.75) is 37.8 Å². The van der Waals surface area contributed by atoms with Gasteiger partial charge in [0.1, 0.15) is 17.7 Å². The first-order valence-corrected chi connectivity index (χ1v) is 10.3. The summed E-state index contributed by atoms with van der Waals surface area (Å²) in [5, 5.41) is 3.02. The molecule has 3 fully saturated rings. The van der Waals surface area contributed by atoms with E-state index in [2.05, 4.69) is 10.2 Å². The lowest BCUT2D eigenvalue weighted by Crippen LogP contribution is -2.52. The fraction of sp³-hybridized carbons (Fsp3) is 0.435. The molecule has 0 saturated carbocycles. The third-order valence-corrected chi connectivity index (χ3v) is 6.57. The van der Waals surface area contributed by atoms with Crippen LogP contribution < -0.4 is 5.32 Å². The molecule has 3 saturated heterocycles. The van der Waals surface area contributed by atoms with Gasteiger partial charge in [-0.15, -0.1) is 0 Å². The summed E-state index contributed by atoms with van der Waals surface area (Å²) in [6, 6.07) is 9.15. The molecule has 6 rings (SSSR count). The quantitative estimate of drug-likeness (QED) is 0.831. The van der Waals surface area contributed by atoms with Gasteiger partial charge in [-0.3, -0.25) is 4.90 Å². The predicted molar refractivity (Wildman–Crippen MR) is 105 cm³/mol. The molecule has 4 nitrogen and oxygen atoms in total. The van der Waals surface area contributed by atoms with Gasteiger partial charge in [0, 0.05) is 12.6 Å². The first-order chi connectivity index (χ1) is 14.0. The summed E-state index contributed by atoms with van der Waals surface area (Å²) in [7, 11) is 0. The Morgan fingerprint density at radius 3 is 2.45 bits per heavy atom. The molecule has 152 valence electrons. The van der Waals surface area contributed by atoms with E-state index in [1.807, 2.05) is 18.2 Å². The minimum atomic E-state index is -0.601. The second-order valence-electron chi connectivity index (χ2n) is 8.39. The molecular weight excluding hydrogens is 374 g/mol. The van der Waals surface area contributed by atoms with Gasteiger partial charge in [0.2, 0.25) is 0 Å². The number of hydrogen-bond acceptors (Lipinski definition) is 3. The molecule has 3 heterocycles. The average molecular weight is 398 g/mol. The van der Waals surface area contributed by atoms with Crippen LogP contribution in [-0.2, 0) is 11.2 Å². The summed E-state index contributed by atoms with van der Waals surface area (Å²) in [5.74, 6) is -0.733. The van der Waals surface area contributed by atoms with Crippen LogP contribution in [0.4, 0.5) is 13.6 Å². The van der Waals surface area contributed by atoms with Crippen molar-refractivity contribution in [3.8, 4) is 11.1 Å². The van der Waals surface area contributed by atoms with Gasteiger partial charge in [0.15, 0.2) is 0 Å². The zero-order valence-electron chi connectivity index (χ0n) is 16.2. The van der Waals surface area contributed by atoms with Crippen molar-refractivity contribution < 1.29 is 18.3 Å². The summed E-state index contributed by atoms with van der Waals surface area (Å²) in [4.78, 5) is 14.9. The standard InChI is InChI=1S/C23H24F2N2O2/c24-18-9-17(10-19(25)12-18)16-2-1-14-3-4-21(20(14)11-16)26-23(28)29-22-13-27-7-5-15(22)6-8-27/h1-2,9-12,15,21-22H,3-8,13H2,(H,26,28)/t21?,22-/m0/s1. The topological polar surface area (TPSA) is 41.6 Å². The van der Waals surface area contributed by atoms with Crippen LogP contribution in [0.1, 0.15) is 36.4 Å². The van der Waals surface area contributed by atoms with Gasteiger partial charge in [0.25, 0.3) is 0 Å². The SMILES string of the molecule is O=C(NC1CCc2ccc(-c3cc(F)cc(F)c3)cc21)O[C@H]1CN2CCC1CC2. The molecule has 2 bridgehead atoms. The summed E-state index contributed by atoms with van der Waals surface area (Å²) in [6.07, 6.45) is 3.45.